The van der Waals surface area contributed by atoms with Crippen molar-refractivity contribution >= 4 is 10.9 Å². The Bertz CT molecular complexity index is 1120. The largest absolute Gasteiger partial charge is 0.232 e. The zero-order valence-electron chi connectivity index (χ0n) is 17.0. The van der Waals surface area contributed by atoms with E-state index < -0.39 is 0 Å². The van der Waals surface area contributed by atoms with Crippen molar-refractivity contribution in [2.75, 3.05) is 0 Å². The second kappa shape index (κ2) is 7.20. The Morgan fingerprint density at radius 3 is 2.11 bits per heavy atom. The van der Waals surface area contributed by atoms with Crippen LogP contribution in [0, 0.1) is 0 Å². The Hall–Kier alpha value is -3.00. The van der Waals surface area contributed by atoms with Gasteiger partial charge in [-0.2, -0.15) is 0 Å². The molecule has 2 nitrogen and oxygen atoms in total. The third-order valence-electron chi connectivity index (χ3n) is 5.11. The molecule has 4 aromatic rings. The minimum atomic E-state index is -0.118. The molecule has 140 valence electrons. The third kappa shape index (κ3) is 3.43. The van der Waals surface area contributed by atoms with Crippen LogP contribution in [0.1, 0.15) is 39.1 Å². The Morgan fingerprint density at radius 2 is 1.43 bits per heavy atom. The third-order valence-corrected chi connectivity index (χ3v) is 5.11. The lowest BCUT2D eigenvalue weighted by atomic mass is 9.92. The quantitative estimate of drug-likeness (QED) is 0.397. The Kier molecular flexibility index (Phi) is 4.72. The van der Waals surface area contributed by atoms with Crippen LogP contribution in [-0.4, -0.2) is 9.97 Å². The summed E-state index contributed by atoms with van der Waals surface area (Å²) >= 11 is 0. The van der Waals surface area contributed by atoms with Crippen LogP contribution in [0.15, 0.2) is 72.8 Å². The number of aromatic nitrogens is 2. The summed E-state index contributed by atoms with van der Waals surface area (Å²) in [5.41, 5.74) is 6.76. The van der Waals surface area contributed by atoms with Crippen molar-refractivity contribution in [1.29, 1.82) is 0 Å². The van der Waals surface area contributed by atoms with Crippen molar-refractivity contribution in [3.8, 4) is 22.4 Å². The van der Waals surface area contributed by atoms with Gasteiger partial charge in [0.05, 0.1) is 11.2 Å². The normalized spacial score (nSPS) is 11.7. The van der Waals surface area contributed by atoms with E-state index in [1.165, 1.54) is 16.7 Å². The number of hydrogen-bond acceptors (Lipinski definition) is 2. The van der Waals surface area contributed by atoms with Crippen LogP contribution >= 0.6 is 0 Å². The molecule has 0 atom stereocenters. The number of rotatable bonds is 3. The van der Waals surface area contributed by atoms with E-state index in [2.05, 4.69) is 100 Å². The molecule has 3 aromatic carbocycles. The van der Waals surface area contributed by atoms with Crippen LogP contribution in [0.5, 0.6) is 0 Å². The summed E-state index contributed by atoms with van der Waals surface area (Å²) in [6, 6.07) is 25.6. The molecule has 0 aliphatic rings. The molecular weight excluding hydrogens is 340 g/mol. The van der Waals surface area contributed by atoms with Crippen LogP contribution in [0.3, 0.4) is 0 Å². The highest BCUT2D eigenvalue weighted by atomic mass is 14.9. The van der Waals surface area contributed by atoms with E-state index in [9.17, 15) is 0 Å². The molecule has 0 aliphatic heterocycles. The summed E-state index contributed by atoms with van der Waals surface area (Å²) in [6.07, 6.45) is 1.00. The average Bonchev–Trinajstić information content (AvgIpc) is 2.72. The molecule has 0 amide bonds. The smallest absolute Gasteiger partial charge is 0.135 e. The van der Waals surface area contributed by atoms with Gasteiger partial charge < -0.3 is 0 Å². The van der Waals surface area contributed by atoms with Crippen molar-refractivity contribution in [1.82, 2.24) is 9.97 Å². The second-order valence-corrected chi connectivity index (χ2v) is 8.26. The summed E-state index contributed by atoms with van der Waals surface area (Å²) in [5, 5.41) is 1.11. The standard InChI is InChI=1S/C26H26N2/c1-5-18-15-16-22-23(17-18)27-25(26(2,3)4)28-24(22)21-14-10-9-13-20(21)19-11-7-6-8-12-19/h6-17H,5H2,1-4H3. The van der Waals surface area contributed by atoms with Crippen LogP contribution in [-0.2, 0) is 11.8 Å². The lowest BCUT2D eigenvalue weighted by Crippen LogP contribution is -2.16. The van der Waals surface area contributed by atoms with Gasteiger partial charge in [0.15, 0.2) is 0 Å². The van der Waals surface area contributed by atoms with E-state index in [-0.39, 0.29) is 5.41 Å². The minimum Gasteiger partial charge on any atom is -0.232 e. The van der Waals surface area contributed by atoms with Gasteiger partial charge in [-0.05, 0) is 29.2 Å². The highest BCUT2D eigenvalue weighted by Gasteiger charge is 2.21. The van der Waals surface area contributed by atoms with Gasteiger partial charge >= 0.3 is 0 Å². The SMILES string of the molecule is CCc1ccc2c(-c3ccccc3-c3ccccc3)nc(C(C)(C)C)nc2c1. The molecule has 1 heterocycles. The van der Waals surface area contributed by atoms with Gasteiger partial charge in [0.2, 0.25) is 0 Å². The van der Waals surface area contributed by atoms with Crippen molar-refractivity contribution < 1.29 is 0 Å². The summed E-state index contributed by atoms with van der Waals surface area (Å²) in [7, 11) is 0. The topological polar surface area (TPSA) is 25.8 Å². The zero-order valence-corrected chi connectivity index (χ0v) is 17.0. The van der Waals surface area contributed by atoms with Gasteiger partial charge in [-0.15, -0.1) is 0 Å². The molecule has 0 spiro atoms. The first-order valence-corrected chi connectivity index (χ1v) is 9.93. The first-order valence-electron chi connectivity index (χ1n) is 9.93. The molecule has 1 aromatic heterocycles. The highest BCUT2D eigenvalue weighted by molar-refractivity contribution is 5.97. The fourth-order valence-corrected chi connectivity index (χ4v) is 3.49. The van der Waals surface area contributed by atoms with E-state index in [0.717, 1.165) is 34.4 Å². The Morgan fingerprint density at radius 1 is 0.750 bits per heavy atom. The van der Waals surface area contributed by atoms with Gasteiger partial charge in [-0.1, -0.05) is 94.4 Å². The monoisotopic (exact) mass is 366 g/mol. The fraction of sp³-hybridized carbons (Fsp3) is 0.231. The van der Waals surface area contributed by atoms with Crippen LogP contribution in [0.4, 0.5) is 0 Å². The maximum absolute atomic E-state index is 5.07. The van der Waals surface area contributed by atoms with Crippen LogP contribution in [0.2, 0.25) is 0 Å². The van der Waals surface area contributed by atoms with Gasteiger partial charge in [0.1, 0.15) is 5.82 Å². The molecule has 0 saturated carbocycles. The van der Waals surface area contributed by atoms with Crippen molar-refractivity contribution in [3.63, 3.8) is 0 Å². The fourth-order valence-electron chi connectivity index (χ4n) is 3.49. The summed E-state index contributed by atoms with van der Waals surface area (Å²) in [5.74, 6) is 0.881. The van der Waals surface area contributed by atoms with Gasteiger partial charge in [0, 0.05) is 16.4 Å². The number of aryl methyl sites for hydroxylation is 1. The lowest BCUT2D eigenvalue weighted by molar-refractivity contribution is 0.549. The second-order valence-electron chi connectivity index (χ2n) is 8.26. The summed E-state index contributed by atoms with van der Waals surface area (Å²) in [6.45, 7) is 8.69. The molecule has 0 unspecified atom stereocenters. The minimum absolute atomic E-state index is 0.118. The molecule has 28 heavy (non-hydrogen) atoms. The number of hydrogen-bond donors (Lipinski definition) is 0. The lowest BCUT2D eigenvalue weighted by Gasteiger charge is -2.20. The predicted octanol–water partition coefficient (Wildman–Crippen LogP) is 6.82. The zero-order chi connectivity index (χ0) is 19.7. The number of fused-ring (bicyclic) bond motifs is 1. The molecule has 0 radical (unpaired) electrons. The molecule has 0 bridgehead atoms. The first-order chi connectivity index (χ1) is 13.5. The van der Waals surface area contributed by atoms with Gasteiger partial charge in [-0.25, -0.2) is 9.97 Å². The van der Waals surface area contributed by atoms with E-state index >= 15 is 0 Å². The van der Waals surface area contributed by atoms with Gasteiger partial charge in [-0.3, -0.25) is 0 Å². The number of nitrogens with zero attached hydrogens (tertiary/aromatic N) is 2. The maximum atomic E-state index is 5.07. The van der Waals surface area contributed by atoms with Gasteiger partial charge in [0.25, 0.3) is 0 Å². The van der Waals surface area contributed by atoms with Crippen LogP contribution < -0.4 is 0 Å². The van der Waals surface area contributed by atoms with E-state index in [4.69, 9.17) is 9.97 Å². The number of benzene rings is 3. The van der Waals surface area contributed by atoms with E-state index in [1.54, 1.807) is 0 Å². The molecular formula is C26H26N2. The maximum Gasteiger partial charge on any atom is 0.135 e. The molecule has 0 N–H and O–H groups in total. The molecule has 4 rings (SSSR count). The first kappa shape index (κ1) is 18.4. The summed E-state index contributed by atoms with van der Waals surface area (Å²) in [4.78, 5) is 10.0. The molecule has 2 heteroatoms. The molecule has 0 aliphatic carbocycles. The average molecular weight is 367 g/mol. The summed E-state index contributed by atoms with van der Waals surface area (Å²) < 4.78 is 0. The molecule has 0 fully saturated rings. The Labute approximate surface area is 167 Å². The van der Waals surface area contributed by atoms with Crippen LogP contribution in [0.25, 0.3) is 33.3 Å². The highest BCUT2D eigenvalue weighted by Crippen LogP contribution is 2.36. The van der Waals surface area contributed by atoms with Crippen molar-refractivity contribution in [2.24, 2.45) is 0 Å². The van der Waals surface area contributed by atoms with Crippen molar-refractivity contribution in [2.45, 2.75) is 39.5 Å². The van der Waals surface area contributed by atoms with E-state index in [0.29, 0.717) is 0 Å². The predicted molar refractivity (Wildman–Crippen MR) is 118 cm³/mol. The Balaban J connectivity index is 2.04. The molecule has 0 saturated heterocycles. The van der Waals surface area contributed by atoms with E-state index in [1.807, 2.05) is 0 Å². The van der Waals surface area contributed by atoms with Crippen molar-refractivity contribution in [3.05, 3.63) is 84.2 Å².